The number of hydrogen-bond donors (Lipinski definition) is 11. The van der Waals surface area contributed by atoms with Crippen LogP contribution < -0.4 is 43.4 Å². The van der Waals surface area contributed by atoms with Gasteiger partial charge in [0.05, 0.1) is 6.04 Å². The fourth-order valence-electron chi connectivity index (χ4n) is 7.99. The van der Waals surface area contributed by atoms with E-state index in [9.17, 15) is 43.8 Å². The van der Waals surface area contributed by atoms with E-state index in [4.69, 9.17) is 11.5 Å². The monoisotopic (exact) mass is 1030 g/mol. The predicted octanol–water partition coefficient (Wildman–Crippen LogP) is 1.25. The predicted molar refractivity (Wildman–Crippen MR) is 276 cm³/mol. The number of aliphatic carboxylic acids is 1. The van der Waals surface area contributed by atoms with Crippen LogP contribution in [0.4, 0.5) is 0 Å². The number of carboxylic acids is 1. The maximum absolute atomic E-state index is 15.1. The number of nitrogens with zero attached hydrogens (tertiary/aromatic N) is 1. The Morgan fingerprint density at radius 1 is 0.750 bits per heavy atom. The number of phenolic OH excluding ortho intramolecular Hbond substituents is 1. The summed E-state index contributed by atoms with van der Waals surface area (Å²) in [4.78, 5) is 117. The maximum atomic E-state index is 15.1. The Balaban J connectivity index is 1.63. The van der Waals surface area contributed by atoms with Gasteiger partial charge >= 0.3 is 5.97 Å². The molecule has 1 aliphatic heterocycles. The highest BCUT2D eigenvalue weighted by molar-refractivity contribution is 8.76. The van der Waals surface area contributed by atoms with Crippen molar-refractivity contribution in [2.45, 2.75) is 108 Å². The van der Waals surface area contributed by atoms with Crippen molar-refractivity contribution >= 4 is 79.8 Å². The van der Waals surface area contributed by atoms with E-state index in [1.165, 1.54) is 31.0 Å². The topological polar surface area (TPSA) is 320 Å². The largest absolute Gasteiger partial charge is 0.508 e. The number of aromatic hydroxyl groups is 1. The Morgan fingerprint density at radius 2 is 1.35 bits per heavy atom. The van der Waals surface area contributed by atoms with Crippen LogP contribution in [0.2, 0.25) is 0 Å². The van der Waals surface area contributed by atoms with Crippen molar-refractivity contribution in [3.05, 3.63) is 102 Å². The van der Waals surface area contributed by atoms with Crippen molar-refractivity contribution in [3.63, 3.8) is 0 Å². The molecule has 72 heavy (non-hydrogen) atoms. The van der Waals surface area contributed by atoms with Gasteiger partial charge in [0.2, 0.25) is 41.4 Å². The molecule has 0 unspecified atom stereocenters. The zero-order chi connectivity index (χ0) is 52.5. The average Bonchev–Trinajstić information content (AvgIpc) is 3.76. The molecule has 2 heterocycles. The summed E-state index contributed by atoms with van der Waals surface area (Å²) in [7, 11) is 3.49. The Kier molecular flexibility index (Phi) is 21.3. The van der Waals surface area contributed by atoms with Crippen LogP contribution in [0.1, 0.15) is 56.7 Å². The molecule has 0 spiro atoms. The van der Waals surface area contributed by atoms with E-state index in [1.54, 1.807) is 62.5 Å². The van der Waals surface area contributed by atoms with Gasteiger partial charge in [-0.05, 0) is 73.5 Å². The van der Waals surface area contributed by atoms with E-state index in [-0.39, 0.29) is 49.5 Å². The van der Waals surface area contributed by atoms with Crippen LogP contribution in [0.5, 0.6) is 5.75 Å². The van der Waals surface area contributed by atoms with Crippen LogP contribution in [-0.4, -0.2) is 141 Å². The van der Waals surface area contributed by atoms with Gasteiger partial charge in [-0.15, -0.1) is 0 Å². The number of nitrogens with one attached hydrogen (secondary N) is 7. The van der Waals surface area contributed by atoms with Crippen molar-refractivity contribution in [3.8, 4) is 5.75 Å². The summed E-state index contributed by atoms with van der Waals surface area (Å²) in [6, 6.07) is 11.8. The van der Waals surface area contributed by atoms with E-state index >= 15 is 4.79 Å². The molecule has 3 aromatic carbocycles. The zero-order valence-electron chi connectivity index (χ0n) is 40.7. The summed E-state index contributed by atoms with van der Waals surface area (Å²) in [6.45, 7) is 4.92. The van der Waals surface area contributed by atoms with Crippen molar-refractivity contribution in [1.29, 1.82) is 0 Å². The third kappa shape index (κ3) is 16.2. The molecular weight excluding hydrogens is 965 g/mol. The molecule has 1 fully saturated rings. The fraction of sp³-hybridized carbons (Fsp3) is 0.440. The van der Waals surface area contributed by atoms with Gasteiger partial charge in [-0.1, -0.05) is 96.1 Å². The molecular formula is C50H66N10O10S2. The SMILES string of the molecule is CC(C)[C@H](NC(=O)[C@@H]1CSSC[C@H](NC(=O)[C@H](C)N)C(=O)N[C@@H](Cc2ccccc2)C(=O)N[C@@H](Cc2c[nH]c3ccccc23)C(=O)N(C)[C@@H](CCCCN)C(=O)N[C@@H](Cc2ccc(O)cc2)C(=O)N1)C(=O)O. The van der Waals surface area contributed by atoms with Gasteiger partial charge in [0.1, 0.15) is 48.0 Å². The van der Waals surface area contributed by atoms with Crippen LogP contribution in [-0.2, 0) is 57.6 Å². The van der Waals surface area contributed by atoms with Crippen molar-refractivity contribution in [1.82, 2.24) is 41.8 Å². The second-order valence-electron chi connectivity index (χ2n) is 18.1. The number of aromatic nitrogens is 1. The number of unbranched alkanes of at least 4 members (excludes halogenated alkanes) is 1. The minimum Gasteiger partial charge on any atom is -0.508 e. The zero-order valence-corrected chi connectivity index (χ0v) is 42.4. The number of fused-ring (bicyclic) bond motifs is 1. The first-order chi connectivity index (χ1) is 34.4. The number of benzene rings is 3. The molecule has 4 aromatic rings. The van der Waals surface area contributed by atoms with E-state index in [0.717, 1.165) is 32.5 Å². The number of phenols is 1. The summed E-state index contributed by atoms with van der Waals surface area (Å²) < 4.78 is 0. The second-order valence-corrected chi connectivity index (χ2v) is 20.7. The van der Waals surface area contributed by atoms with E-state index in [0.29, 0.717) is 29.5 Å². The lowest BCUT2D eigenvalue weighted by molar-refractivity contribution is -0.143. The van der Waals surface area contributed by atoms with E-state index in [2.05, 4.69) is 36.9 Å². The number of H-pyrrole nitrogens is 1. The smallest absolute Gasteiger partial charge is 0.326 e. The van der Waals surface area contributed by atoms with Crippen LogP contribution in [0.15, 0.2) is 85.1 Å². The lowest BCUT2D eigenvalue weighted by atomic mass is 9.99. The summed E-state index contributed by atoms with van der Waals surface area (Å²) in [5.41, 5.74) is 14.4. The number of hydrogen-bond acceptors (Lipinski definition) is 13. The third-order valence-corrected chi connectivity index (χ3v) is 14.6. The summed E-state index contributed by atoms with van der Waals surface area (Å²) in [5, 5.41) is 37.2. The molecule has 0 saturated carbocycles. The number of carbonyl (C=O) groups excluding carboxylic acids is 7. The van der Waals surface area contributed by atoms with Gasteiger partial charge in [-0.25, -0.2) is 4.79 Å². The molecule has 13 N–H and O–H groups in total. The molecule has 1 aromatic heterocycles. The Hall–Kier alpha value is -6.62. The first-order valence-electron chi connectivity index (χ1n) is 23.7. The van der Waals surface area contributed by atoms with Crippen molar-refractivity contribution in [2.24, 2.45) is 17.4 Å². The molecule has 1 saturated heterocycles. The number of likely N-dealkylation sites (N-methyl/N-ethyl adjacent to an activating group) is 1. The van der Waals surface area contributed by atoms with Gasteiger partial charge < -0.3 is 63.5 Å². The minimum atomic E-state index is -1.42. The highest BCUT2D eigenvalue weighted by atomic mass is 33.1. The maximum Gasteiger partial charge on any atom is 0.326 e. The van der Waals surface area contributed by atoms with E-state index in [1.807, 2.05) is 24.3 Å². The summed E-state index contributed by atoms with van der Waals surface area (Å²) >= 11 is 0. The molecule has 0 radical (unpaired) electrons. The van der Waals surface area contributed by atoms with E-state index < -0.39 is 102 Å². The Morgan fingerprint density at radius 3 is 1.99 bits per heavy atom. The second kappa shape index (κ2) is 27.3. The number of amides is 7. The molecule has 20 nitrogen and oxygen atoms in total. The van der Waals surface area contributed by atoms with Crippen LogP contribution in [0.25, 0.3) is 10.9 Å². The van der Waals surface area contributed by atoms with Gasteiger partial charge in [-0.3, -0.25) is 33.6 Å². The quantitative estimate of drug-likeness (QED) is 0.0556. The number of carboxylic acid groups (broad SMARTS) is 1. The molecule has 388 valence electrons. The fourth-order valence-corrected chi connectivity index (χ4v) is 10.3. The minimum absolute atomic E-state index is 0.0329. The van der Waals surface area contributed by atoms with Gasteiger partial charge in [0.15, 0.2) is 0 Å². The lowest BCUT2D eigenvalue weighted by Crippen LogP contribution is -2.61. The number of rotatable bonds is 16. The molecule has 0 bridgehead atoms. The number of aromatic amines is 1. The van der Waals surface area contributed by atoms with Crippen molar-refractivity contribution < 1.29 is 48.6 Å². The number of nitrogens with two attached hydrogens (primary N) is 2. The number of para-hydroxylation sites is 1. The average molecular weight is 1030 g/mol. The third-order valence-electron chi connectivity index (χ3n) is 12.2. The van der Waals surface area contributed by atoms with Crippen LogP contribution in [0, 0.1) is 5.92 Å². The van der Waals surface area contributed by atoms with Crippen LogP contribution in [0.3, 0.4) is 0 Å². The molecule has 0 aliphatic carbocycles. The molecule has 22 heteroatoms. The molecule has 1 aliphatic rings. The lowest BCUT2D eigenvalue weighted by Gasteiger charge is -2.33. The highest BCUT2D eigenvalue weighted by Gasteiger charge is 2.38. The Bertz CT molecular complexity index is 2510. The molecule has 7 amide bonds. The molecule has 5 rings (SSSR count). The Labute approximate surface area is 426 Å². The van der Waals surface area contributed by atoms with Crippen LogP contribution >= 0.6 is 21.6 Å². The summed E-state index contributed by atoms with van der Waals surface area (Å²) in [5.74, 6) is -7.53. The first kappa shape index (κ1) is 56.3. The highest BCUT2D eigenvalue weighted by Crippen LogP contribution is 2.25. The molecule has 8 atom stereocenters. The standard InChI is InChI=1S/C50H66N10O10S2/c1-28(2)42(50(69)70)59-47(66)40-27-72-71-26-39(57-43(62)29(3)52)46(65)54-36(22-30-12-6-5-7-13-30)44(63)56-38(24-32-25-53-35-15-9-8-14-34(32)35)49(68)60(4)41(16-10-11-21-51)48(67)55-37(45(64)58-40)23-31-17-19-33(61)20-18-31/h5-9,12-15,17-20,25,28-29,36-42,53,61H,10-11,16,21-24,26-27,51-52H2,1-4H3,(H,54,65)(H,55,67)(H,56,63)(H,57,62)(H,58,64)(H,59,66)(H,69,70)/t29-,36-,37-,38-,39-,40-,41-,42-/m0/s1. The van der Waals surface area contributed by atoms with Gasteiger partial charge in [-0.2, -0.15) is 0 Å². The number of carbonyl (C=O) groups is 8. The first-order valence-corrected chi connectivity index (χ1v) is 26.2. The van der Waals surface area contributed by atoms with Crippen molar-refractivity contribution in [2.75, 3.05) is 25.1 Å². The normalized spacial score (nSPS) is 21.9. The van der Waals surface area contributed by atoms with Gasteiger partial charge in [0, 0.05) is 54.9 Å². The summed E-state index contributed by atoms with van der Waals surface area (Å²) in [6.07, 6.45) is 2.42. The van der Waals surface area contributed by atoms with Gasteiger partial charge in [0.25, 0.3) is 0 Å².